The molecule has 0 amide bonds. The highest BCUT2D eigenvalue weighted by Crippen LogP contribution is 2.38. The molecule has 2 saturated heterocycles. The zero-order valence-electron chi connectivity index (χ0n) is 20.5. The van der Waals surface area contributed by atoms with Gasteiger partial charge in [0.25, 0.3) is 0 Å². The van der Waals surface area contributed by atoms with Crippen LogP contribution in [0.1, 0.15) is 61.6 Å². The van der Waals surface area contributed by atoms with Crippen LogP contribution in [0.5, 0.6) is 0 Å². The van der Waals surface area contributed by atoms with Crippen LogP contribution in [0, 0.1) is 6.92 Å². The van der Waals surface area contributed by atoms with E-state index in [1.165, 1.54) is 0 Å². The lowest BCUT2D eigenvalue weighted by Crippen LogP contribution is -2.42. The van der Waals surface area contributed by atoms with Gasteiger partial charge in [-0.15, -0.1) is 0 Å². The van der Waals surface area contributed by atoms with E-state index >= 15 is 0 Å². The van der Waals surface area contributed by atoms with Crippen LogP contribution in [0.2, 0.25) is 0 Å². The molecule has 4 N–H and O–H groups in total. The van der Waals surface area contributed by atoms with E-state index < -0.39 is 48.2 Å². The summed E-state index contributed by atoms with van der Waals surface area (Å²) in [6, 6.07) is 3.43. The molecule has 210 valence electrons. The molecule has 2 fully saturated rings. The van der Waals surface area contributed by atoms with Crippen LogP contribution in [0.15, 0.2) is 12.1 Å². The Bertz CT molecular complexity index is 1170. The first kappa shape index (κ1) is 29.6. The molecule has 0 radical (unpaired) electrons. The number of halogens is 3. The summed E-state index contributed by atoms with van der Waals surface area (Å²) in [6.45, 7) is 2.59. The maximum absolute atomic E-state index is 13.4. The number of hydrogen-bond acceptors (Lipinski definition) is 8. The van der Waals surface area contributed by atoms with Gasteiger partial charge in [-0.2, -0.15) is 30.0 Å². The third-order valence-corrected chi connectivity index (χ3v) is 7.49. The molecule has 0 bridgehead atoms. The van der Waals surface area contributed by atoms with Crippen LogP contribution in [0.3, 0.4) is 0 Å². The summed E-state index contributed by atoms with van der Waals surface area (Å²) in [4.78, 5) is 37.2. The Balaban J connectivity index is 0.000000263. The van der Waals surface area contributed by atoms with E-state index in [9.17, 15) is 27.6 Å². The number of rotatable bonds is 7. The topological polar surface area (TPSA) is 166 Å². The number of nitrogens with zero attached hydrogens (tertiary/aromatic N) is 4. The molecular formula is C23H29F3N4O7S. The first-order valence-corrected chi connectivity index (χ1v) is 13.0. The number of carboxylic acids is 3. The number of hydrogen-bond donors (Lipinski definition) is 4. The van der Waals surface area contributed by atoms with Gasteiger partial charge >= 0.3 is 24.1 Å². The highest BCUT2D eigenvalue weighted by atomic mass is 32.2. The molecule has 0 saturated carbocycles. The molecule has 4 rings (SSSR count). The number of likely N-dealkylation sites (tertiary alicyclic amines) is 1. The fourth-order valence-electron chi connectivity index (χ4n) is 4.76. The maximum Gasteiger partial charge on any atom is 0.433 e. The highest BCUT2D eigenvalue weighted by Gasteiger charge is 2.41. The number of aliphatic hydroxyl groups is 1. The largest absolute Gasteiger partial charge is 0.481 e. The summed E-state index contributed by atoms with van der Waals surface area (Å²) in [7, 11) is 0. The van der Waals surface area contributed by atoms with Gasteiger partial charge in [0.2, 0.25) is 0 Å². The third kappa shape index (κ3) is 7.14. The lowest BCUT2D eigenvalue weighted by molar-refractivity contribution is -0.170. The van der Waals surface area contributed by atoms with E-state index in [1.807, 2.05) is 11.8 Å². The van der Waals surface area contributed by atoms with Crippen molar-refractivity contribution in [3.05, 3.63) is 29.2 Å². The van der Waals surface area contributed by atoms with E-state index in [4.69, 9.17) is 20.4 Å². The maximum atomic E-state index is 13.4. The van der Waals surface area contributed by atoms with Gasteiger partial charge in [0.15, 0.2) is 11.2 Å². The molecule has 38 heavy (non-hydrogen) atoms. The van der Waals surface area contributed by atoms with Crippen molar-refractivity contribution >= 4 is 35.3 Å². The smallest absolute Gasteiger partial charge is 0.433 e. The molecule has 2 aliphatic rings. The molecule has 15 heteroatoms. The first-order chi connectivity index (χ1) is 17.7. The molecule has 0 aromatic carbocycles. The minimum atomic E-state index is -4.44. The number of carboxylic acid groups (broad SMARTS) is 3. The molecule has 4 heterocycles. The summed E-state index contributed by atoms with van der Waals surface area (Å²) >= 11 is 1.98. The molecule has 11 nitrogen and oxygen atoms in total. The van der Waals surface area contributed by atoms with E-state index in [0.29, 0.717) is 11.7 Å². The SMILES string of the molecule is Cc1cc(C(F)(F)F)n2nc(C3CCCN3C3CCSCC3)cc2n1.O=C(O)CC(O)(CC(=O)O)C(=O)O. The molecule has 2 aromatic heterocycles. The van der Waals surface area contributed by atoms with Crippen LogP contribution in [-0.2, 0) is 20.6 Å². The van der Waals surface area contributed by atoms with Gasteiger partial charge in [-0.25, -0.2) is 14.3 Å². The Morgan fingerprint density at radius 3 is 2.18 bits per heavy atom. The van der Waals surface area contributed by atoms with Crippen molar-refractivity contribution in [3.63, 3.8) is 0 Å². The highest BCUT2D eigenvalue weighted by molar-refractivity contribution is 7.99. The lowest BCUT2D eigenvalue weighted by atomic mass is 9.96. The van der Waals surface area contributed by atoms with Gasteiger partial charge in [-0.05, 0) is 56.7 Å². The average molecular weight is 563 g/mol. The van der Waals surface area contributed by atoms with Gasteiger partial charge in [-0.3, -0.25) is 14.5 Å². The monoisotopic (exact) mass is 562 g/mol. The second-order valence-electron chi connectivity index (χ2n) is 9.34. The number of aliphatic carboxylic acids is 3. The van der Waals surface area contributed by atoms with Crippen LogP contribution in [0.25, 0.3) is 5.65 Å². The summed E-state index contributed by atoms with van der Waals surface area (Å²) in [5, 5.41) is 38.1. The summed E-state index contributed by atoms with van der Waals surface area (Å²) in [5.74, 6) is -2.69. The average Bonchev–Trinajstić information content (AvgIpc) is 3.44. The van der Waals surface area contributed by atoms with Crippen LogP contribution in [-0.4, -0.2) is 87.5 Å². The zero-order chi connectivity index (χ0) is 28.3. The molecule has 1 unspecified atom stereocenters. The Morgan fingerprint density at radius 2 is 1.66 bits per heavy atom. The predicted octanol–water partition coefficient (Wildman–Crippen LogP) is 2.84. The van der Waals surface area contributed by atoms with Crippen molar-refractivity contribution < 1.29 is 48.0 Å². The quantitative estimate of drug-likeness (QED) is 0.392. The first-order valence-electron chi connectivity index (χ1n) is 11.9. The molecular weight excluding hydrogens is 533 g/mol. The number of aromatic nitrogens is 3. The number of alkyl halides is 3. The summed E-state index contributed by atoms with van der Waals surface area (Å²) in [6.07, 6.45) is -2.40. The van der Waals surface area contributed by atoms with Gasteiger partial charge < -0.3 is 20.4 Å². The minimum absolute atomic E-state index is 0.108. The van der Waals surface area contributed by atoms with E-state index in [0.717, 1.165) is 60.0 Å². The normalized spacial score (nSPS) is 19.2. The van der Waals surface area contributed by atoms with Gasteiger partial charge in [0.1, 0.15) is 5.69 Å². The Kier molecular flexibility index (Phi) is 9.26. The Morgan fingerprint density at radius 1 is 1.05 bits per heavy atom. The van der Waals surface area contributed by atoms with Crippen molar-refractivity contribution in [1.82, 2.24) is 19.5 Å². The predicted molar refractivity (Wildman–Crippen MR) is 129 cm³/mol. The van der Waals surface area contributed by atoms with E-state index in [1.54, 1.807) is 13.0 Å². The zero-order valence-corrected chi connectivity index (χ0v) is 21.3. The summed E-state index contributed by atoms with van der Waals surface area (Å²) in [5.41, 5.74) is -2.12. The second-order valence-corrected chi connectivity index (χ2v) is 10.6. The van der Waals surface area contributed by atoms with Crippen molar-refractivity contribution in [2.24, 2.45) is 0 Å². The second kappa shape index (κ2) is 11.9. The Hall–Kier alpha value is -2.91. The van der Waals surface area contributed by atoms with Crippen molar-refractivity contribution in [2.75, 3.05) is 18.1 Å². The summed E-state index contributed by atoms with van der Waals surface area (Å²) < 4.78 is 41.0. The standard InChI is InChI=1S/C17H21F3N4S.C6H8O7/c1-11-9-15(17(18,19)20)24-16(21-11)10-13(22-24)14-3-2-6-23(14)12-4-7-25-8-5-12;7-3(8)1-6(13,5(11)12)2-4(9)10/h9-10,12,14H,2-8H2,1H3;13H,1-2H2,(H,7,8)(H,9,10)(H,11,12). The number of aryl methyl sites for hydroxylation is 1. The van der Waals surface area contributed by atoms with Crippen molar-refractivity contribution in [3.8, 4) is 0 Å². The molecule has 1 atom stereocenters. The minimum Gasteiger partial charge on any atom is -0.481 e. The van der Waals surface area contributed by atoms with Gasteiger partial charge in [0.05, 0.1) is 24.6 Å². The van der Waals surface area contributed by atoms with E-state index in [-0.39, 0.29) is 11.7 Å². The fraction of sp³-hybridized carbons (Fsp3) is 0.609. The van der Waals surface area contributed by atoms with E-state index in [2.05, 4.69) is 15.0 Å². The van der Waals surface area contributed by atoms with Gasteiger partial charge in [-0.1, -0.05) is 0 Å². The molecule has 0 aliphatic carbocycles. The lowest BCUT2D eigenvalue weighted by Gasteiger charge is -2.34. The molecule has 2 aromatic rings. The van der Waals surface area contributed by atoms with Gasteiger partial charge in [0, 0.05) is 17.8 Å². The molecule has 2 aliphatic heterocycles. The Labute approximate surface area is 219 Å². The number of carbonyl (C=O) groups is 3. The van der Waals surface area contributed by atoms with Crippen LogP contribution in [0.4, 0.5) is 13.2 Å². The van der Waals surface area contributed by atoms with Crippen LogP contribution < -0.4 is 0 Å². The van der Waals surface area contributed by atoms with Crippen molar-refractivity contribution in [2.45, 2.75) is 69.3 Å². The molecule has 0 spiro atoms. The van der Waals surface area contributed by atoms with Crippen molar-refractivity contribution in [1.29, 1.82) is 0 Å². The number of fused-ring (bicyclic) bond motifs is 1. The number of thioether (sulfide) groups is 1. The fourth-order valence-corrected chi connectivity index (χ4v) is 5.84. The third-order valence-electron chi connectivity index (χ3n) is 6.45. The van der Waals surface area contributed by atoms with Crippen LogP contribution >= 0.6 is 11.8 Å².